The standard InChI is InChI=1S/C66H43N3O4S4/c1-2-67-49-29-23-41(68-51-25-19-37(63-70-55-11-3-7-15-59(55)74-63)31-43(51)44-32-38(20-26-52(44)68)64-71-56-12-4-8-16-60(56)75-64)35-47(49)48-36-42(24-30-50(48)67)69-53-27-21-39(65-72-57-13-5-9-17-61(57)76-65)33-45(53)46-34-40(22-28-54(46)69)66-73-58-14-6-10-18-62(58)77-66/h3-36,63-66H,2H2,1H3. The fraction of sp³-hybridized carbons (Fsp3) is 0.0909. The zero-order chi connectivity index (χ0) is 50.5. The summed E-state index contributed by atoms with van der Waals surface area (Å²) in [5.74, 6) is 3.75. The lowest BCUT2D eigenvalue weighted by Gasteiger charge is -2.12. The lowest BCUT2D eigenvalue weighted by molar-refractivity contribution is 0.302. The SMILES string of the molecule is CCn1c2ccc(-n3c4ccc(C5Oc6ccccc6S5)cc4c4cc(C5Oc6ccccc6S5)ccc43)cc2c2cc(-n3c4ccc(C5Oc6ccccc6S5)cc4c4cc(C5Oc6ccccc6S5)ccc43)ccc21. The van der Waals surface area contributed by atoms with Gasteiger partial charge in [-0.2, -0.15) is 0 Å². The molecule has 7 heterocycles. The minimum absolute atomic E-state index is 0.137. The fourth-order valence-corrected chi connectivity index (χ4v) is 16.3. The minimum Gasteiger partial charge on any atom is -0.473 e. The van der Waals surface area contributed by atoms with Crippen LogP contribution < -0.4 is 18.9 Å². The minimum atomic E-state index is -0.137. The fourth-order valence-electron chi connectivity index (χ4n) is 12.1. The molecule has 370 valence electrons. The molecule has 4 atom stereocenters. The molecule has 4 aliphatic rings. The molecule has 0 bridgehead atoms. The molecule has 13 aromatic rings. The van der Waals surface area contributed by atoms with E-state index >= 15 is 0 Å². The highest BCUT2D eigenvalue weighted by Gasteiger charge is 2.31. The quantitative estimate of drug-likeness (QED) is 0.156. The number of hydrogen-bond donors (Lipinski definition) is 0. The van der Waals surface area contributed by atoms with Crippen molar-refractivity contribution >= 4 is 112 Å². The number of benzene rings is 10. The molecule has 4 aliphatic heterocycles. The van der Waals surface area contributed by atoms with Gasteiger partial charge in [-0.15, -0.1) is 0 Å². The number of aryl methyl sites for hydroxylation is 1. The molecule has 0 aliphatic carbocycles. The Morgan fingerprint density at radius 2 is 0.584 bits per heavy atom. The van der Waals surface area contributed by atoms with E-state index in [1.54, 1.807) is 47.0 Å². The van der Waals surface area contributed by atoms with Crippen LogP contribution in [0.1, 0.15) is 50.9 Å². The number of nitrogens with zero attached hydrogens (tertiary/aromatic N) is 3. The van der Waals surface area contributed by atoms with Crippen LogP contribution in [0.5, 0.6) is 23.0 Å². The van der Waals surface area contributed by atoms with E-state index in [4.69, 9.17) is 18.9 Å². The first-order valence-corrected chi connectivity index (χ1v) is 29.5. The van der Waals surface area contributed by atoms with Gasteiger partial charge in [-0.1, -0.05) is 120 Å². The van der Waals surface area contributed by atoms with Crippen molar-refractivity contribution in [3.63, 3.8) is 0 Å². The molecule has 17 rings (SSSR count). The van der Waals surface area contributed by atoms with Crippen LogP contribution in [0, 0.1) is 0 Å². The summed E-state index contributed by atoms with van der Waals surface area (Å²) in [7, 11) is 0. The summed E-state index contributed by atoms with van der Waals surface area (Å²) in [5, 5.41) is 7.15. The van der Waals surface area contributed by atoms with Gasteiger partial charge in [0, 0.05) is 83.5 Å². The van der Waals surface area contributed by atoms with E-state index in [1.165, 1.54) is 62.9 Å². The average Bonchev–Trinajstić information content (AvgIpc) is 4.48. The average molecular weight is 1070 g/mol. The van der Waals surface area contributed by atoms with Gasteiger partial charge in [0.05, 0.1) is 41.6 Å². The van der Waals surface area contributed by atoms with Gasteiger partial charge in [0.2, 0.25) is 0 Å². The van der Waals surface area contributed by atoms with Gasteiger partial charge in [-0.3, -0.25) is 0 Å². The maximum atomic E-state index is 6.56. The van der Waals surface area contributed by atoms with Crippen molar-refractivity contribution in [2.75, 3.05) is 0 Å². The van der Waals surface area contributed by atoms with E-state index in [9.17, 15) is 0 Å². The largest absolute Gasteiger partial charge is 0.473 e. The third-order valence-electron chi connectivity index (χ3n) is 15.6. The third kappa shape index (κ3) is 6.90. The molecule has 77 heavy (non-hydrogen) atoms. The van der Waals surface area contributed by atoms with Gasteiger partial charge < -0.3 is 32.6 Å². The Morgan fingerprint density at radius 1 is 0.312 bits per heavy atom. The lowest BCUT2D eigenvalue weighted by atomic mass is 10.1. The van der Waals surface area contributed by atoms with Crippen LogP contribution in [0.15, 0.2) is 226 Å². The van der Waals surface area contributed by atoms with E-state index in [0.29, 0.717) is 0 Å². The molecule has 3 aromatic heterocycles. The summed E-state index contributed by atoms with van der Waals surface area (Å²) < 4.78 is 33.6. The van der Waals surface area contributed by atoms with Crippen LogP contribution in [0.3, 0.4) is 0 Å². The van der Waals surface area contributed by atoms with Crippen LogP contribution in [-0.2, 0) is 6.54 Å². The molecule has 0 N–H and O–H groups in total. The summed E-state index contributed by atoms with van der Waals surface area (Å²) in [6.45, 7) is 3.09. The third-order valence-corrected chi connectivity index (χ3v) is 20.3. The Hall–Kier alpha value is -7.80. The molecule has 10 aromatic carbocycles. The first kappa shape index (κ1) is 44.3. The van der Waals surface area contributed by atoms with Crippen LogP contribution in [-0.4, -0.2) is 13.7 Å². The van der Waals surface area contributed by atoms with Gasteiger partial charge >= 0.3 is 0 Å². The Labute approximate surface area is 459 Å². The van der Waals surface area contributed by atoms with Crippen LogP contribution in [0.25, 0.3) is 76.8 Å². The number of aromatic nitrogens is 3. The van der Waals surface area contributed by atoms with Gasteiger partial charge in [0.25, 0.3) is 0 Å². The van der Waals surface area contributed by atoms with Crippen molar-refractivity contribution in [2.24, 2.45) is 0 Å². The van der Waals surface area contributed by atoms with Crippen molar-refractivity contribution in [3.8, 4) is 34.4 Å². The van der Waals surface area contributed by atoms with Gasteiger partial charge in [-0.25, -0.2) is 0 Å². The number of hydrogen-bond acceptors (Lipinski definition) is 8. The summed E-state index contributed by atoms with van der Waals surface area (Å²) in [6.07, 6.45) is 0. The van der Waals surface area contributed by atoms with E-state index in [1.807, 2.05) is 24.3 Å². The predicted molar refractivity (Wildman–Crippen MR) is 316 cm³/mol. The van der Waals surface area contributed by atoms with Crippen molar-refractivity contribution in [2.45, 2.75) is 54.8 Å². The Kier molecular flexibility index (Phi) is 9.85. The van der Waals surface area contributed by atoms with Crippen LogP contribution in [0.2, 0.25) is 0 Å². The molecule has 11 heteroatoms. The Bertz CT molecular complexity index is 4040. The number of ether oxygens (including phenoxy) is 4. The molecule has 0 spiro atoms. The summed E-state index contributed by atoms with van der Waals surface area (Å²) >= 11 is 7.08. The number of rotatable bonds is 7. The Morgan fingerprint density at radius 3 is 0.870 bits per heavy atom. The van der Waals surface area contributed by atoms with Crippen molar-refractivity contribution < 1.29 is 18.9 Å². The molecular formula is C66H43N3O4S4. The van der Waals surface area contributed by atoms with Crippen molar-refractivity contribution in [3.05, 3.63) is 229 Å². The second kappa shape index (κ2) is 17.1. The molecule has 7 nitrogen and oxygen atoms in total. The monoisotopic (exact) mass is 1070 g/mol. The summed E-state index contributed by atoms with van der Waals surface area (Å²) in [4.78, 5) is 4.67. The number of fused-ring (bicyclic) bond motifs is 13. The number of para-hydroxylation sites is 4. The normalized spacial score (nSPS) is 18.2. The highest BCUT2D eigenvalue weighted by Crippen LogP contribution is 2.54. The smallest absolute Gasteiger partial charge is 0.174 e. The van der Waals surface area contributed by atoms with E-state index < -0.39 is 0 Å². The maximum absolute atomic E-state index is 6.56. The van der Waals surface area contributed by atoms with Gasteiger partial charge in [-0.05, 0) is 140 Å². The molecule has 0 fully saturated rings. The maximum Gasteiger partial charge on any atom is 0.174 e. The molecule has 4 unspecified atom stereocenters. The summed E-state index contributed by atoms with van der Waals surface area (Å²) in [6, 6.07) is 74.9. The second-order valence-corrected chi connectivity index (χ2v) is 24.4. The van der Waals surface area contributed by atoms with E-state index in [0.717, 1.165) is 85.2 Å². The molecular weight excluding hydrogens is 1030 g/mol. The molecule has 0 saturated carbocycles. The Balaban J connectivity index is 0.819. The van der Waals surface area contributed by atoms with E-state index in [2.05, 4.69) is 203 Å². The molecule has 0 amide bonds. The topological polar surface area (TPSA) is 51.7 Å². The zero-order valence-electron chi connectivity index (χ0n) is 41.3. The van der Waals surface area contributed by atoms with Crippen molar-refractivity contribution in [1.29, 1.82) is 0 Å². The van der Waals surface area contributed by atoms with Crippen LogP contribution >= 0.6 is 47.0 Å². The van der Waals surface area contributed by atoms with Gasteiger partial charge in [0.15, 0.2) is 21.7 Å². The predicted octanol–water partition coefficient (Wildman–Crippen LogP) is 18.7. The highest BCUT2D eigenvalue weighted by atomic mass is 32.2. The molecule has 0 radical (unpaired) electrons. The van der Waals surface area contributed by atoms with Gasteiger partial charge in [0.1, 0.15) is 23.0 Å². The summed E-state index contributed by atoms with van der Waals surface area (Å²) in [5.41, 5.74) is 13.2. The lowest BCUT2D eigenvalue weighted by Crippen LogP contribution is -1.99. The van der Waals surface area contributed by atoms with Crippen molar-refractivity contribution in [1.82, 2.24) is 13.7 Å². The van der Waals surface area contributed by atoms with E-state index in [-0.39, 0.29) is 21.7 Å². The number of thioether (sulfide) groups is 4. The first-order valence-electron chi connectivity index (χ1n) is 26.0. The second-order valence-electron chi connectivity index (χ2n) is 20.0. The molecule has 0 saturated heterocycles. The first-order chi connectivity index (χ1) is 38.0. The zero-order valence-corrected chi connectivity index (χ0v) is 44.5. The van der Waals surface area contributed by atoms with Crippen LogP contribution in [0.4, 0.5) is 0 Å². The highest BCUT2D eigenvalue weighted by molar-refractivity contribution is 8.00.